The highest BCUT2D eigenvalue weighted by Gasteiger charge is 2.53. The fraction of sp³-hybridized carbons (Fsp3) is 0.769. The second kappa shape index (κ2) is 7.21. The fourth-order valence-corrected chi connectivity index (χ4v) is 2.54. The Morgan fingerprint density at radius 2 is 1.83 bits per heavy atom. The summed E-state index contributed by atoms with van der Waals surface area (Å²) in [5.41, 5.74) is 0. The van der Waals surface area contributed by atoms with E-state index in [4.69, 9.17) is 9.84 Å². The van der Waals surface area contributed by atoms with Crippen molar-refractivity contribution < 1.29 is 39.5 Å². The third kappa shape index (κ3) is 4.61. The summed E-state index contributed by atoms with van der Waals surface area (Å²) in [6.07, 6.45) is -4.72. The summed E-state index contributed by atoms with van der Waals surface area (Å²) in [6, 6.07) is -2.29. The first-order valence-corrected chi connectivity index (χ1v) is 7.02. The van der Waals surface area contributed by atoms with E-state index in [0.29, 0.717) is 0 Å². The molecule has 1 aliphatic rings. The Morgan fingerprint density at radius 1 is 1.26 bits per heavy atom. The van der Waals surface area contributed by atoms with Gasteiger partial charge in [-0.3, -0.25) is 9.59 Å². The molecule has 0 aromatic rings. The summed E-state index contributed by atoms with van der Waals surface area (Å²) in [6.45, 7) is 3.67. The topological polar surface area (TPSA) is 165 Å². The van der Waals surface area contributed by atoms with Crippen molar-refractivity contribution in [1.82, 2.24) is 10.6 Å². The van der Waals surface area contributed by atoms with E-state index in [-0.39, 0.29) is 0 Å². The van der Waals surface area contributed by atoms with Gasteiger partial charge in [-0.2, -0.15) is 0 Å². The summed E-state index contributed by atoms with van der Waals surface area (Å²) >= 11 is 0. The number of ether oxygens (including phenoxy) is 1. The van der Waals surface area contributed by atoms with Crippen molar-refractivity contribution in [2.75, 3.05) is 0 Å². The van der Waals surface area contributed by atoms with Crippen LogP contribution in [-0.4, -0.2) is 74.4 Å². The SMILES string of the molecule is CC(=O)N[C@H]([C@@H]1O[C@](O)(C(=O)O)C[C@@H](O)[C@H]1NC(C)=O)[C@H](C)O. The van der Waals surface area contributed by atoms with E-state index in [9.17, 15) is 29.7 Å². The Morgan fingerprint density at radius 3 is 2.22 bits per heavy atom. The maximum absolute atomic E-state index is 11.3. The molecule has 0 aromatic carbocycles. The van der Waals surface area contributed by atoms with Crippen LogP contribution in [0.1, 0.15) is 27.2 Å². The number of aliphatic carboxylic acids is 1. The molecule has 10 nitrogen and oxygen atoms in total. The van der Waals surface area contributed by atoms with Gasteiger partial charge in [-0.15, -0.1) is 0 Å². The number of rotatable bonds is 5. The second-order valence-electron chi connectivity index (χ2n) is 5.64. The Bertz CT molecular complexity index is 465. The number of hydrogen-bond donors (Lipinski definition) is 6. The lowest BCUT2D eigenvalue weighted by Crippen LogP contribution is -2.69. The molecule has 6 N–H and O–H groups in total. The van der Waals surface area contributed by atoms with Crippen molar-refractivity contribution in [2.45, 2.75) is 63.4 Å². The maximum Gasteiger partial charge on any atom is 0.364 e. The van der Waals surface area contributed by atoms with Gasteiger partial charge >= 0.3 is 5.97 Å². The van der Waals surface area contributed by atoms with Crippen molar-refractivity contribution in [3.63, 3.8) is 0 Å². The van der Waals surface area contributed by atoms with Gasteiger partial charge < -0.3 is 35.8 Å². The average molecular weight is 334 g/mol. The van der Waals surface area contributed by atoms with Gasteiger partial charge in [0.25, 0.3) is 5.79 Å². The van der Waals surface area contributed by atoms with Gasteiger partial charge in [0, 0.05) is 20.3 Å². The average Bonchev–Trinajstić information content (AvgIpc) is 2.38. The van der Waals surface area contributed by atoms with Crippen molar-refractivity contribution in [3.8, 4) is 0 Å². The predicted molar refractivity (Wildman–Crippen MR) is 75.0 cm³/mol. The minimum atomic E-state index is -2.70. The number of aliphatic hydroxyl groups excluding tert-OH is 2. The van der Waals surface area contributed by atoms with E-state index in [0.717, 1.165) is 0 Å². The van der Waals surface area contributed by atoms with Gasteiger partial charge in [-0.05, 0) is 6.92 Å². The third-order valence-corrected chi connectivity index (χ3v) is 3.53. The molecule has 23 heavy (non-hydrogen) atoms. The maximum atomic E-state index is 11.3. The van der Waals surface area contributed by atoms with Crippen LogP contribution in [0.25, 0.3) is 0 Å². The van der Waals surface area contributed by atoms with Gasteiger partial charge in [-0.25, -0.2) is 4.79 Å². The minimum Gasteiger partial charge on any atom is -0.477 e. The number of carbonyl (C=O) groups is 3. The quantitative estimate of drug-likeness (QED) is 0.316. The first-order valence-electron chi connectivity index (χ1n) is 7.02. The van der Waals surface area contributed by atoms with Crippen LogP contribution in [0.2, 0.25) is 0 Å². The highest BCUT2D eigenvalue weighted by Crippen LogP contribution is 2.30. The molecule has 1 heterocycles. The Kier molecular flexibility index (Phi) is 6.05. The largest absolute Gasteiger partial charge is 0.477 e. The number of carbonyl (C=O) groups excluding carboxylic acids is 2. The standard InChI is InChI=1S/C13H22N2O8/c1-5(16)9(14-6(2)17)11-10(15-7(3)18)8(19)4-13(22,23-11)12(20)21/h5,8-11,16,19,22H,4H2,1-3H3,(H,14,17)(H,15,18)(H,20,21)/t5-,8+,9-,10+,11-,13-/m0/s1. The molecular weight excluding hydrogens is 312 g/mol. The molecule has 1 saturated heterocycles. The summed E-state index contributed by atoms with van der Waals surface area (Å²) < 4.78 is 5.15. The van der Waals surface area contributed by atoms with Crippen LogP contribution in [-0.2, 0) is 19.1 Å². The summed E-state index contributed by atoms with van der Waals surface area (Å²) in [5, 5.41) is 43.8. The van der Waals surface area contributed by atoms with Crippen molar-refractivity contribution in [2.24, 2.45) is 0 Å². The van der Waals surface area contributed by atoms with E-state index >= 15 is 0 Å². The molecule has 0 aliphatic carbocycles. The molecule has 0 bridgehead atoms. The third-order valence-electron chi connectivity index (χ3n) is 3.53. The first kappa shape index (κ1) is 19.3. The molecule has 0 saturated carbocycles. The fourth-order valence-electron chi connectivity index (χ4n) is 2.54. The van der Waals surface area contributed by atoms with E-state index < -0.39 is 60.4 Å². The molecule has 1 fully saturated rings. The van der Waals surface area contributed by atoms with Gasteiger partial charge in [0.05, 0.1) is 24.3 Å². The Labute approximate surface area is 132 Å². The zero-order valence-electron chi connectivity index (χ0n) is 13.0. The van der Waals surface area contributed by atoms with Gasteiger partial charge in [0.15, 0.2) is 0 Å². The lowest BCUT2D eigenvalue weighted by Gasteiger charge is -2.45. The number of amides is 2. The predicted octanol–water partition coefficient (Wildman–Crippen LogP) is -2.70. The van der Waals surface area contributed by atoms with Crippen LogP contribution in [0, 0.1) is 0 Å². The molecule has 0 radical (unpaired) electrons. The summed E-state index contributed by atoms with van der Waals surface area (Å²) in [5.74, 6) is -5.50. The Balaban J connectivity index is 3.21. The minimum absolute atomic E-state index is 0.532. The molecule has 10 heteroatoms. The molecule has 132 valence electrons. The second-order valence-corrected chi connectivity index (χ2v) is 5.64. The smallest absolute Gasteiger partial charge is 0.364 e. The molecule has 0 spiro atoms. The number of carboxylic acids is 1. The highest BCUT2D eigenvalue weighted by atomic mass is 16.7. The zero-order valence-corrected chi connectivity index (χ0v) is 13.0. The molecule has 6 atom stereocenters. The number of nitrogens with one attached hydrogen (secondary N) is 2. The van der Waals surface area contributed by atoms with Gasteiger partial charge in [-0.1, -0.05) is 0 Å². The zero-order chi connectivity index (χ0) is 17.9. The van der Waals surface area contributed by atoms with Crippen LogP contribution in [0.4, 0.5) is 0 Å². The lowest BCUT2D eigenvalue weighted by molar-refractivity contribution is -0.283. The van der Waals surface area contributed by atoms with Crippen molar-refractivity contribution >= 4 is 17.8 Å². The van der Waals surface area contributed by atoms with E-state index in [1.165, 1.54) is 20.8 Å². The van der Waals surface area contributed by atoms with E-state index in [1.807, 2.05) is 0 Å². The highest BCUT2D eigenvalue weighted by molar-refractivity contribution is 5.76. The van der Waals surface area contributed by atoms with Gasteiger partial charge in [0.1, 0.15) is 6.10 Å². The van der Waals surface area contributed by atoms with Crippen LogP contribution < -0.4 is 10.6 Å². The first-order chi connectivity index (χ1) is 10.5. The number of hydrogen-bond acceptors (Lipinski definition) is 7. The van der Waals surface area contributed by atoms with Crippen LogP contribution >= 0.6 is 0 Å². The Hall–Kier alpha value is -1.75. The van der Waals surface area contributed by atoms with Crippen LogP contribution in [0.15, 0.2) is 0 Å². The normalized spacial score (nSPS) is 33.4. The molecule has 2 amide bonds. The number of carboxylic acid groups (broad SMARTS) is 1. The molecular formula is C13H22N2O8. The lowest BCUT2D eigenvalue weighted by atomic mass is 9.87. The van der Waals surface area contributed by atoms with Crippen LogP contribution in [0.3, 0.4) is 0 Å². The molecule has 1 rings (SSSR count). The molecule has 1 aliphatic heterocycles. The van der Waals surface area contributed by atoms with Crippen molar-refractivity contribution in [1.29, 1.82) is 0 Å². The molecule has 0 unspecified atom stereocenters. The van der Waals surface area contributed by atoms with Gasteiger partial charge in [0.2, 0.25) is 11.8 Å². The summed E-state index contributed by atoms with van der Waals surface area (Å²) in [4.78, 5) is 33.8. The number of aliphatic hydroxyl groups is 3. The van der Waals surface area contributed by atoms with Crippen LogP contribution in [0.5, 0.6) is 0 Å². The van der Waals surface area contributed by atoms with E-state index in [1.54, 1.807) is 0 Å². The monoisotopic (exact) mass is 334 g/mol. The van der Waals surface area contributed by atoms with E-state index in [2.05, 4.69) is 10.6 Å². The molecule has 0 aromatic heterocycles. The summed E-state index contributed by atoms with van der Waals surface area (Å²) in [7, 11) is 0. The van der Waals surface area contributed by atoms with Crippen molar-refractivity contribution in [3.05, 3.63) is 0 Å².